The molecule has 0 radical (unpaired) electrons. The topological polar surface area (TPSA) is 56.5 Å². The molecule has 0 atom stereocenters. The van der Waals surface area contributed by atoms with Gasteiger partial charge in [0.05, 0.1) is 10.0 Å². The van der Waals surface area contributed by atoms with E-state index >= 15 is 0 Å². The highest BCUT2D eigenvalue weighted by atomic mass is 35.5. The fourth-order valence-corrected chi connectivity index (χ4v) is 2.85. The minimum absolute atomic E-state index is 0.0954. The first kappa shape index (κ1) is 14.6. The zero-order chi connectivity index (χ0) is 14.8. The first-order valence-corrected chi connectivity index (χ1v) is 7.61. The van der Waals surface area contributed by atoms with Crippen LogP contribution < -0.4 is 0 Å². The van der Waals surface area contributed by atoms with Gasteiger partial charge in [0.1, 0.15) is 0 Å². The van der Waals surface area contributed by atoms with Crippen LogP contribution >= 0.6 is 46.6 Å². The van der Waals surface area contributed by atoms with Gasteiger partial charge in [-0.25, -0.2) is 4.68 Å². The van der Waals surface area contributed by atoms with Crippen LogP contribution in [0.3, 0.4) is 0 Å². The van der Waals surface area contributed by atoms with Crippen molar-refractivity contribution in [3.8, 4) is 5.95 Å². The van der Waals surface area contributed by atoms with Crippen molar-refractivity contribution in [1.82, 2.24) is 24.7 Å². The van der Waals surface area contributed by atoms with Crippen LogP contribution in [0.5, 0.6) is 0 Å². The third-order valence-corrected chi connectivity index (χ3v) is 4.15. The van der Waals surface area contributed by atoms with Crippen molar-refractivity contribution in [2.75, 3.05) is 0 Å². The van der Waals surface area contributed by atoms with E-state index in [9.17, 15) is 0 Å². The average Bonchev–Trinajstić information content (AvgIpc) is 2.96. The van der Waals surface area contributed by atoms with Crippen LogP contribution in [0.15, 0.2) is 46.7 Å². The molecule has 0 aliphatic heterocycles. The van der Waals surface area contributed by atoms with Crippen molar-refractivity contribution in [1.29, 1.82) is 0 Å². The fourth-order valence-electron chi connectivity index (χ4n) is 1.50. The second kappa shape index (κ2) is 6.19. The van der Waals surface area contributed by atoms with Gasteiger partial charge in [-0.05, 0) is 47.6 Å². The normalized spacial score (nSPS) is 10.8. The number of rotatable bonds is 3. The molecule has 3 rings (SSSR count). The first-order valence-electron chi connectivity index (χ1n) is 5.66. The number of hydrogen-bond acceptors (Lipinski definition) is 5. The summed E-state index contributed by atoms with van der Waals surface area (Å²) in [5.74, 6) is 0.350. The fraction of sp³-hybridized carbons (Fsp3) is 0. The van der Waals surface area contributed by atoms with Crippen LogP contribution in [0.4, 0.5) is 0 Å². The van der Waals surface area contributed by atoms with Crippen molar-refractivity contribution in [2.24, 2.45) is 0 Å². The van der Waals surface area contributed by atoms with E-state index in [2.05, 4.69) is 20.1 Å². The summed E-state index contributed by atoms with van der Waals surface area (Å²) >= 11 is 19.1. The Hall–Kier alpha value is -1.34. The Balaban J connectivity index is 1.93. The minimum atomic E-state index is 0.0954. The van der Waals surface area contributed by atoms with Crippen molar-refractivity contribution < 1.29 is 0 Å². The van der Waals surface area contributed by atoms with E-state index in [1.807, 2.05) is 6.07 Å². The third kappa shape index (κ3) is 3.47. The van der Waals surface area contributed by atoms with Crippen molar-refractivity contribution in [2.45, 2.75) is 10.1 Å². The van der Waals surface area contributed by atoms with Gasteiger partial charge < -0.3 is 0 Å². The van der Waals surface area contributed by atoms with Crippen LogP contribution in [-0.2, 0) is 0 Å². The molecule has 0 aliphatic rings. The molecule has 5 nitrogen and oxygen atoms in total. The lowest BCUT2D eigenvalue weighted by Crippen LogP contribution is -2.04. The maximum Gasteiger partial charge on any atom is 0.255 e. The van der Waals surface area contributed by atoms with Gasteiger partial charge in [-0.1, -0.05) is 23.2 Å². The van der Waals surface area contributed by atoms with E-state index in [-0.39, 0.29) is 5.28 Å². The maximum absolute atomic E-state index is 5.99. The van der Waals surface area contributed by atoms with E-state index < -0.39 is 0 Å². The molecule has 0 amide bonds. The first-order chi connectivity index (χ1) is 10.1. The number of halogens is 3. The molecule has 0 fully saturated rings. The summed E-state index contributed by atoms with van der Waals surface area (Å²) < 4.78 is 1.51. The Morgan fingerprint density at radius 2 is 1.86 bits per heavy atom. The summed E-state index contributed by atoms with van der Waals surface area (Å²) in [5.41, 5.74) is 0. The quantitative estimate of drug-likeness (QED) is 0.703. The highest BCUT2D eigenvalue weighted by Crippen LogP contribution is 2.31. The number of nitrogens with zero attached hydrogens (tertiary/aromatic N) is 5. The van der Waals surface area contributed by atoms with Crippen LogP contribution in [0.2, 0.25) is 15.3 Å². The lowest BCUT2D eigenvalue weighted by Gasteiger charge is -2.04. The van der Waals surface area contributed by atoms with Gasteiger partial charge in [-0.3, -0.25) is 0 Å². The van der Waals surface area contributed by atoms with Crippen molar-refractivity contribution in [3.63, 3.8) is 0 Å². The van der Waals surface area contributed by atoms with Gasteiger partial charge in [-0.2, -0.15) is 20.1 Å². The van der Waals surface area contributed by atoms with Crippen molar-refractivity contribution in [3.05, 3.63) is 52.0 Å². The number of benzene rings is 1. The molecule has 0 saturated heterocycles. The third-order valence-electron chi connectivity index (χ3n) is 2.39. The van der Waals surface area contributed by atoms with E-state index in [0.29, 0.717) is 21.2 Å². The molecule has 0 unspecified atom stereocenters. The SMILES string of the molecule is Clc1nc(Sc2ccc(Cl)c(Cl)c2)nc(-n2cccn2)n1. The summed E-state index contributed by atoms with van der Waals surface area (Å²) in [6, 6.07) is 7.04. The maximum atomic E-state index is 5.99. The zero-order valence-corrected chi connectivity index (χ0v) is 13.3. The second-order valence-electron chi connectivity index (χ2n) is 3.82. The summed E-state index contributed by atoms with van der Waals surface area (Å²) in [6.07, 6.45) is 3.35. The van der Waals surface area contributed by atoms with Crippen LogP contribution in [-0.4, -0.2) is 24.7 Å². The van der Waals surface area contributed by atoms with Gasteiger partial charge in [0.25, 0.3) is 5.95 Å². The Kier molecular flexibility index (Phi) is 4.30. The molecule has 0 spiro atoms. The standard InChI is InChI=1S/C12H6Cl3N5S/c13-8-3-2-7(6-9(8)14)21-12-18-10(15)17-11(19-12)20-5-1-4-16-20/h1-6H. The molecule has 0 aliphatic carbocycles. The van der Waals surface area contributed by atoms with Crippen LogP contribution in [0.1, 0.15) is 0 Å². The molecule has 0 N–H and O–H groups in total. The van der Waals surface area contributed by atoms with E-state index in [1.54, 1.807) is 30.6 Å². The zero-order valence-electron chi connectivity index (χ0n) is 10.2. The summed E-state index contributed by atoms with van der Waals surface area (Å²) in [6.45, 7) is 0. The molecule has 0 bridgehead atoms. The average molecular weight is 359 g/mol. The molecule has 9 heteroatoms. The summed E-state index contributed by atoms with van der Waals surface area (Å²) in [7, 11) is 0. The molecule has 1 aromatic carbocycles. The predicted molar refractivity (Wildman–Crippen MR) is 82.5 cm³/mol. The van der Waals surface area contributed by atoms with Gasteiger partial charge in [0.15, 0.2) is 5.16 Å². The minimum Gasteiger partial charge on any atom is -0.206 e. The largest absolute Gasteiger partial charge is 0.255 e. The lowest BCUT2D eigenvalue weighted by molar-refractivity contribution is 0.759. The summed E-state index contributed by atoms with van der Waals surface area (Å²) in [4.78, 5) is 13.3. The van der Waals surface area contributed by atoms with E-state index in [4.69, 9.17) is 34.8 Å². The summed E-state index contributed by atoms with van der Waals surface area (Å²) in [5, 5.41) is 5.56. The van der Waals surface area contributed by atoms with Gasteiger partial charge in [0.2, 0.25) is 5.28 Å². The number of hydrogen-bond donors (Lipinski definition) is 0. The molecular formula is C12H6Cl3N5S. The Bertz CT molecular complexity index is 779. The molecular weight excluding hydrogens is 353 g/mol. The van der Waals surface area contributed by atoms with Crippen LogP contribution in [0.25, 0.3) is 5.95 Å². The molecule has 106 valence electrons. The molecule has 0 saturated carbocycles. The molecule has 21 heavy (non-hydrogen) atoms. The number of aromatic nitrogens is 5. The Morgan fingerprint density at radius 3 is 2.57 bits per heavy atom. The molecule has 3 aromatic rings. The van der Waals surface area contributed by atoms with E-state index in [0.717, 1.165) is 4.90 Å². The molecule has 2 aromatic heterocycles. The second-order valence-corrected chi connectivity index (χ2v) is 6.01. The van der Waals surface area contributed by atoms with Crippen molar-refractivity contribution >= 4 is 46.6 Å². The Labute approximate surface area is 139 Å². The Morgan fingerprint density at radius 1 is 1.00 bits per heavy atom. The highest BCUT2D eigenvalue weighted by molar-refractivity contribution is 7.99. The van der Waals surface area contributed by atoms with E-state index in [1.165, 1.54) is 16.4 Å². The van der Waals surface area contributed by atoms with Gasteiger partial charge in [0, 0.05) is 17.3 Å². The predicted octanol–water partition coefficient (Wildman–Crippen LogP) is 4.17. The monoisotopic (exact) mass is 357 g/mol. The van der Waals surface area contributed by atoms with Gasteiger partial charge in [-0.15, -0.1) is 0 Å². The van der Waals surface area contributed by atoms with Crippen LogP contribution in [0, 0.1) is 0 Å². The smallest absolute Gasteiger partial charge is 0.206 e. The van der Waals surface area contributed by atoms with Gasteiger partial charge >= 0.3 is 0 Å². The lowest BCUT2D eigenvalue weighted by atomic mass is 10.4. The highest BCUT2D eigenvalue weighted by Gasteiger charge is 2.09. The molecule has 2 heterocycles.